The summed E-state index contributed by atoms with van der Waals surface area (Å²) >= 11 is 1.45. The van der Waals surface area contributed by atoms with Gasteiger partial charge < -0.3 is 10.1 Å². The Balaban J connectivity index is 1.71. The van der Waals surface area contributed by atoms with E-state index in [2.05, 4.69) is 34.6 Å². The molecule has 1 N–H and O–H groups in total. The van der Waals surface area contributed by atoms with E-state index in [1.165, 1.54) is 16.9 Å². The molecule has 1 fully saturated rings. The van der Waals surface area contributed by atoms with Gasteiger partial charge in [0.2, 0.25) is 11.0 Å². The molecule has 1 saturated heterocycles. The Morgan fingerprint density at radius 1 is 1.41 bits per heavy atom. The lowest BCUT2D eigenvalue weighted by Gasteiger charge is -2.11. The molecule has 2 heterocycles. The topological polar surface area (TPSA) is 64.1 Å². The van der Waals surface area contributed by atoms with Gasteiger partial charge in [0.25, 0.3) is 0 Å². The summed E-state index contributed by atoms with van der Waals surface area (Å²) in [5.74, 6) is 0.135. The largest absolute Gasteiger partial charge is 0.381 e. The molecule has 0 bridgehead atoms. The van der Waals surface area contributed by atoms with Crippen LogP contribution in [0.5, 0.6) is 0 Å². The van der Waals surface area contributed by atoms with E-state index in [-0.39, 0.29) is 17.7 Å². The predicted octanol–water partition coefficient (Wildman–Crippen LogP) is 3.06. The molecular weight excluding hydrogens is 298 g/mol. The molecule has 6 heteroatoms. The minimum atomic E-state index is -0.0663. The standard InChI is InChI=1S/C16H19N3O2S/c1-2-13(11-6-4-3-5-7-11)15-18-19-16(22-15)17-14(20)12-8-9-21-10-12/h3-7,12-13H,2,8-10H2,1H3,(H,17,19,20)/t12-,13+/m0/s1. The summed E-state index contributed by atoms with van der Waals surface area (Å²) in [5, 5.41) is 12.8. The lowest BCUT2D eigenvalue weighted by molar-refractivity contribution is -0.119. The van der Waals surface area contributed by atoms with Crippen molar-refractivity contribution in [2.24, 2.45) is 5.92 Å². The first-order valence-corrected chi connectivity index (χ1v) is 8.36. The second-order valence-corrected chi connectivity index (χ2v) is 6.38. The number of hydrogen-bond donors (Lipinski definition) is 1. The minimum Gasteiger partial charge on any atom is -0.381 e. The molecule has 0 spiro atoms. The zero-order valence-corrected chi connectivity index (χ0v) is 13.3. The molecule has 116 valence electrons. The summed E-state index contributed by atoms with van der Waals surface area (Å²) in [6, 6.07) is 10.3. The van der Waals surface area contributed by atoms with Crippen LogP contribution in [0.4, 0.5) is 5.13 Å². The molecule has 2 atom stereocenters. The Bertz CT molecular complexity index is 623. The van der Waals surface area contributed by atoms with Crippen molar-refractivity contribution in [3.8, 4) is 0 Å². The number of nitrogens with one attached hydrogen (secondary N) is 1. The highest BCUT2D eigenvalue weighted by atomic mass is 32.1. The number of carbonyl (C=O) groups is 1. The number of nitrogens with zero attached hydrogens (tertiary/aromatic N) is 2. The van der Waals surface area contributed by atoms with Gasteiger partial charge in [-0.1, -0.05) is 48.6 Å². The molecule has 2 aromatic rings. The van der Waals surface area contributed by atoms with Crippen molar-refractivity contribution >= 4 is 22.4 Å². The van der Waals surface area contributed by atoms with Gasteiger partial charge in [0, 0.05) is 12.5 Å². The van der Waals surface area contributed by atoms with E-state index >= 15 is 0 Å². The molecule has 1 amide bonds. The van der Waals surface area contributed by atoms with Crippen molar-refractivity contribution in [3.63, 3.8) is 0 Å². The predicted molar refractivity (Wildman–Crippen MR) is 86.0 cm³/mol. The molecule has 0 aliphatic carbocycles. The molecule has 5 nitrogen and oxygen atoms in total. The highest BCUT2D eigenvalue weighted by Gasteiger charge is 2.25. The smallest absolute Gasteiger partial charge is 0.231 e. The summed E-state index contributed by atoms with van der Waals surface area (Å²) in [6.07, 6.45) is 1.72. The SMILES string of the molecule is CC[C@H](c1ccccc1)c1nnc(NC(=O)[C@H]2CCOC2)s1. The third kappa shape index (κ3) is 3.34. The van der Waals surface area contributed by atoms with Crippen molar-refractivity contribution in [1.82, 2.24) is 10.2 Å². The highest BCUT2D eigenvalue weighted by molar-refractivity contribution is 7.15. The van der Waals surface area contributed by atoms with Gasteiger partial charge in [-0.25, -0.2) is 0 Å². The van der Waals surface area contributed by atoms with Crippen LogP contribution < -0.4 is 5.32 Å². The van der Waals surface area contributed by atoms with Gasteiger partial charge in [0.1, 0.15) is 5.01 Å². The quantitative estimate of drug-likeness (QED) is 0.920. The molecule has 0 radical (unpaired) electrons. The number of benzene rings is 1. The molecule has 0 saturated carbocycles. The Morgan fingerprint density at radius 3 is 2.91 bits per heavy atom. The molecule has 3 rings (SSSR count). The lowest BCUT2D eigenvalue weighted by Crippen LogP contribution is -2.22. The fourth-order valence-electron chi connectivity index (χ4n) is 2.61. The fraction of sp³-hybridized carbons (Fsp3) is 0.438. The number of aromatic nitrogens is 2. The van der Waals surface area contributed by atoms with E-state index in [4.69, 9.17) is 4.74 Å². The van der Waals surface area contributed by atoms with E-state index in [1.807, 2.05) is 18.2 Å². The third-order valence-corrected chi connectivity index (χ3v) is 4.83. The molecule has 22 heavy (non-hydrogen) atoms. The van der Waals surface area contributed by atoms with Gasteiger partial charge >= 0.3 is 0 Å². The van der Waals surface area contributed by atoms with Crippen LogP contribution in [0.3, 0.4) is 0 Å². The maximum absolute atomic E-state index is 12.1. The van der Waals surface area contributed by atoms with Crippen LogP contribution in [-0.4, -0.2) is 29.3 Å². The zero-order chi connectivity index (χ0) is 15.4. The number of amides is 1. The van der Waals surface area contributed by atoms with E-state index in [9.17, 15) is 4.79 Å². The first kappa shape index (κ1) is 15.1. The Morgan fingerprint density at radius 2 is 2.23 bits per heavy atom. The molecule has 1 aromatic carbocycles. The summed E-state index contributed by atoms with van der Waals surface area (Å²) in [7, 11) is 0. The normalized spacial score (nSPS) is 19.0. The highest BCUT2D eigenvalue weighted by Crippen LogP contribution is 2.31. The van der Waals surface area contributed by atoms with Crippen molar-refractivity contribution in [1.29, 1.82) is 0 Å². The van der Waals surface area contributed by atoms with Gasteiger partial charge in [0.05, 0.1) is 12.5 Å². The summed E-state index contributed by atoms with van der Waals surface area (Å²) < 4.78 is 5.24. The van der Waals surface area contributed by atoms with Crippen molar-refractivity contribution in [3.05, 3.63) is 40.9 Å². The average molecular weight is 317 g/mol. The van der Waals surface area contributed by atoms with Crippen LogP contribution in [0, 0.1) is 5.92 Å². The zero-order valence-electron chi connectivity index (χ0n) is 12.5. The number of hydrogen-bond acceptors (Lipinski definition) is 5. The first-order chi connectivity index (χ1) is 10.8. The lowest BCUT2D eigenvalue weighted by atomic mass is 9.97. The van der Waals surface area contributed by atoms with Gasteiger partial charge in [-0.3, -0.25) is 4.79 Å². The van der Waals surface area contributed by atoms with Crippen molar-refractivity contribution in [2.45, 2.75) is 25.7 Å². The molecule has 1 aliphatic rings. The van der Waals surface area contributed by atoms with Gasteiger partial charge in [0.15, 0.2) is 0 Å². The molecule has 0 unspecified atom stereocenters. The average Bonchev–Trinajstić information content (AvgIpc) is 3.21. The Kier molecular flexibility index (Phi) is 4.80. The maximum Gasteiger partial charge on any atom is 0.231 e. The van der Waals surface area contributed by atoms with Crippen LogP contribution in [0.25, 0.3) is 0 Å². The van der Waals surface area contributed by atoms with Crippen molar-refractivity contribution < 1.29 is 9.53 Å². The third-order valence-electron chi connectivity index (χ3n) is 3.88. The van der Waals surface area contributed by atoms with Crippen LogP contribution in [0.1, 0.15) is 36.3 Å². The van der Waals surface area contributed by atoms with Gasteiger partial charge in [-0.05, 0) is 18.4 Å². The number of ether oxygens (including phenoxy) is 1. The van der Waals surface area contributed by atoms with Crippen molar-refractivity contribution in [2.75, 3.05) is 18.5 Å². The van der Waals surface area contributed by atoms with E-state index in [1.54, 1.807) is 0 Å². The van der Waals surface area contributed by atoms with E-state index in [0.717, 1.165) is 17.8 Å². The van der Waals surface area contributed by atoms with Crippen LogP contribution >= 0.6 is 11.3 Å². The van der Waals surface area contributed by atoms with Gasteiger partial charge in [-0.2, -0.15) is 0 Å². The molecular formula is C16H19N3O2S. The summed E-state index contributed by atoms with van der Waals surface area (Å²) in [4.78, 5) is 12.1. The molecule has 1 aliphatic heterocycles. The van der Waals surface area contributed by atoms with Gasteiger partial charge in [-0.15, -0.1) is 10.2 Å². The Labute approximate surface area is 133 Å². The van der Waals surface area contributed by atoms with E-state index < -0.39 is 0 Å². The van der Waals surface area contributed by atoms with E-state index in [0.29, 0.717) is 18.3 Å². The summed E-state index contributed by atoms with van der Waals surface area (Å²) in [5.41, 5.74) is 1.23. The maximum atomic E-state index is 12.1. The fourth-order valence-corrected chi connectivity index (χ4v) is 3.57. The number of anilines is 1. The minimum absolute atomic E-state index is 0.0204. The Hall–Kier alpha value is -1.79. The van der Waals surface area contributed by atoms with Crippen LogP contribution in [-0.2, 0) is 9.53 Å². The van der Waals surface area contributed by atoms with Crippen LogP contribution in [0.15, 0.2) is 30.3 Å². The number of carbonyl (C=O) groups excluding carboxylic acids is 1. The second kappa shape index (κ2) is 6.98. The first-order valence-electron chi connectivity index (χ1n) is 7.55. The second-order valence-electron chi connectivity index (χ2n) is 5.37. The monoisotopic (exact) mass is 317 g/mol. The van der Waals surface area contributed by atoms with Crippen LogP contribution in [0.2, 0.25) is 0 Å². The number of rotatable bonds is 5. The molecule has 1 aromatic heterocycles. The summed E-state index contributed by atoms with van der Waals surface area (Å²) in [6.45, 7) is 3.29.